The summed E-state index contributed by atoms with van der Waals surface area (Å²) in [5.74, 6) is -0.348. The molecule has 0 radical (unpaired) electrons. The van der Waals surface area contributed by atoms with Crippen molar-refractivity contribution in [1.82, 2.24) is 10.2 Å². The second-order valence-electron chi connectivity index (χ2n) is 3.33. The fourth-order valence-corrected chi connectivity index (χ4v) is 2.42. The highest BCUT2D eigenvalue weighted by molar-refractivity contribution is 7.17. The average molecular weight is 269 g/mol. The predicted octanol–water partition coefficient (Wildman–Crippen LogP) is 2.48. The lowest BCUT2D eigenvalue weighted by Gasteiger charge is -2.06. The Labute approximate surface area is 107 Å². The van der Waals surface area contributed by atoms with E-state index in [9.17, 15) is 9.59 Å². The summed E-state index contributed by atoms with van der Waals surface area (Å²) < 4.78 is 0.636. The number of rotatable bonds is 3. The molecule has 2 rings (SSSR count). The molecule has 1 aliphatic rings. The lowest BCUT2D eigenvalue weighted by atomic mass is 10.3. The molecule has 0 atom stereocenters. The van der Waals surface area contributed by atoms with Gasteiger partial charge in [0.1, 0.15) is 5.70 Å². The van der Waals surface area contributed by atoms with Gasteiger partial charge in [-0.25, -0.2) is 4.79 Å². The minimum atomic E-state index is -0.427. The Morgan fingerprint density at radius 1 is 1.47 bits per heavy atom. The Kier molecular flexibility index (Phi) is 3.31. The number of carbonyl (C=O) groups excluding carboxylic acids is 2. The van der Waals surface area contributed by atoms with Gasteiger partial charge in [0, 0.05) is 11.4 Å². The lowest BCUT2D eigenvalue weighted by Crippen LogP contribution is -2.30. The second kappa shape index (κ2) is 4.73. The zero-order chi connectivity index (χ0) is 12.4. The molecular formula is C11H9ClN2O2S. The topological polar surface area (TPSA) is 49.4 Å². The Morgan fingerprint density at radius 3 is 2.82 bits per heavy atom. The summed E-state index contributed by atoms with van der Waals surface area (Å²) in [6.45, 7) is 3.70. The van der Waals surface area contributed by atoms with Crippen molar-refractivity contribution in [3.8, 4) is 0 Å². The maximum absolute atomic E-state index is 11.8. The quantitative estimate of drug-likeness (QED) is 0.520. The number of amides is 3. The van der Waals surface area contributed by atoms with Crippen LogP contribution >= 0.6 is 22.9 Å². The molecule has 0 saturated carbocycles. The van der Waals surface area contributed by atoms with Crippen LogP contribution in [-0.2, 0) is 4.79 Å². The first-order chi connectivity index (χ1) is 8.11. The van der Waals surface area contributed by atoms with Gasteiger partial charge in [-0.05, 0) is 18.2 Å². The molecule has 88 valence electrons. The standard InChI is InChI=1S/C11H9ClN2O2S/c1-2-5-14-10(15)8(13-11(14)16)6-7-3-4-9(12)17-7/h2-4,6H,1,5H2,(H,13,16)/b8-6+. The van der Waals surface area contributed by atoms with Gasteiger partial charge >= 0.3 is 6.03 Å². The maximum atomic E-state index is 11.8. The molecule has 1 fully saturated rings. The minimum absolute atomic E-state index is 0.202. The summed E-state index contributed by atoms with van der Waals surface area (Å²) >= 11 is 7.12. The number of nitrogens with one attached hydrogen (secondary N) is 1. The maximum Gasteiger partial charge on any atom is 0.329 e. The van der Waals surface area contributed by atoms with Crippen molar-refractivity contribution in [1.29, 1.82) is 0 Å². The van der Waals surface area contributed by atoms with Crippen LogP contribution in [0.1, 0.15) is 4.88 Å². The van der Waals surface area contributed by atoms with E-state index >= 15 is 0 Å². The smallest absolute Gasteiger partial charge is 0.303 e. The van der Waals surface area contributed by atoms with Gasteiger partial charge in [-0.1, -0.05) is 17.7 Å². The number of hydrogen-bond donors (Lipinski definition) is 1. The highest BCUT2D eigenvalue weighted by Crippen LogP contribution is 2.24. The Bertz CT molecular complexity index is 521. The van der Waals surface area contributed by atoms with E-state index in [0.717, 1.165) is 9.78 Å². The van der Waals surface area contributed by atoms with Crippen molar-refractivity contribution in [2.75, 3.05) is 6.54 Å². The lowest BCUT2D eigenvalue weighted by molar-refractivity contribution is -0.122. The van der Waals surface area contributed by atoms with Crippen molar-refractivity contribution >= 4 is 41.0 Å². The third-order valence-electron chi connectivity index (χ3n) is 2.15. The van der Waals surface area contributed by atoms with E-state index in [1.165, 1.54) is 17.4 Å². The first kappa shape index (κ1) is 11.9. The van der Waals surface area contributed by atoms with E-state index in [2.05, 4.69) is 11.9 Å². The van der Waals surface area contributed by atoms with Gasteiger partial charge in [0.2, 0.25) is 0 Å². The van der Waals surface area contributed by atoms with Gasteiger partial charge < -0.3 is 5.32 Å². The summed E-state index contributed by atoms with van der Waals surface area (Å²) in [5, 5.41) is 2.51. The molecule has 0 spiro atoms. The largest absolute Gasteiger partial charge is 0.329 e. The van der Waals surface area contributed by atoms with E-state index in [-0.39, 0.29) is 18.1 Å². The van der Waals surface area contributed by atoms with Crippen molar-refractivity contribution in [2.24, 2.45) is 0 Å². The molecule has 0 unspecified atom stereocenters. The van der Waals surface area contributed by atoms with E-state index < -0.39 is 6.03 Å². The number of halogens is 1. The van der Waals surface area contributed by atoms with Gasteiger partial charge in [0.05, 0.1) is 4.34 Å². The molecule has 1 N–H and O–H groups in total. The van der Waals surface area contributed by atoms with E-state index in [0.29, 0.717) is 4.34 Å². The van der Waals surface area contributed by atoms with Gasteiger partial charge in [0.15, 0.2) is 0 Å². The monoisotopic (exact) mass is 268 g/mol. The van der Waals surface area contributed by atoms with E-state index in [1.807, 2.05) is 0 Å². The van der Waals surface area contributed by atoms with Crippen LogP contribution in [0.4, 0.5) is 4.79 Å². The van der Waals surface area contributed by atoms with Crippen LogP contribution in [-0.4, -0.2) is 23.4 Å². The van der Waals surface area contributed by atoms with Crippen molar-refractivity contribution in [2.45, 2.75) is 0 Å². The van der Waals surface area contributed by atoms with Gasteiger partial charge in [-0.2, -0.15) is 0 Å². The number of hydrogen-bond acceptors (Lipinski definition) is 3. The summed E-state index contributed by atoms with van der Waals surface area (Å²) in [6, 6.07) is 3.10. The molecule has 1 aromatic heterocycles. The van der Waals surface area contributed by atoms with Crippen LogP contribution in [0.2, 0.25) is 4.34 Å². The molecule has 2 heterocycles. The second-order valence-corrected chi connectivity index (χ2v) is 5.08. The SMILES string of the molecule is C=CCN1C(=O)N/C(=C/c2ccc(Cl)s2)C1=O. The van der Waals surface area contributed by atoms with Crippen LogP contribution < -0.4 is 5.32 Å². The number of nitrogens with zero attached hydrogens (tertiary/aromatic N) is 1. The number of imide groups is 1. The normalized spacial score (nSPS) is 17.7. The molecule has 0 bridgehead atoms. The average Bonchev–Trinajstić information content (AvgIpc) is 2.79. The molecule has 0 aliphatic carbocycles. The van der Waals surface area contributed by atoms with Crippen LogP contribution in [0.5, 0.6) is 0 Å². The molecule has 3 amide bonds. The summed E-state index contributed by atoms with van der Waals surface area (Å²) in [6.07, 6.45) is 3.11. The third-order valence-corrected chi connectivity index (χ3v) is 3.33. The highest BCUT2D eigenvalue weighted by Gasteiger charge is 2.32. The predicted molar refractivity (Wildman–Crippen MR) is 67.7 cm³/mol. The molecular weight excluding hydrogens is 260 g/mol. The molecule has 17 heavy (non-hydrogen) atoms. The first-order valence-corrected chi connectivity index (χ1v) is 6.02. The molecule has 0 aromatic carbocycles. The fourth-order valence-electron chi connectivity index (χ4n) is 1.41. The molecule has 4 nitrogen and oxygen atoms in total. The van der Waals surface area contributed by atoms with Crippen molar-refractivity contribution in [3.05, 3.63) is 39.7 Å². The Balaban J connectivity index is 2.24. The summed E-state index contributed by atoms with van der Waals surface area (Å²) in [7, 11) is 0. The van der Waals surface area contributed by atoms with Crippen LogP contribution in [0.3, 0.4) is 0 Å². The zero-order valence-corrected chi connectivity index (χ0v) is 10.3. The zero-order valence-electron chi connectivity index (χ0n) is 8.77. The van der Waals surface area contributed by atoms with E-state index in [1.54, 1.807) is 18.2 Å². The molecule has 1 saturated heterocycles. The van der Waals surface area contributed by atoms with Crippen molar-refractivity contribution in [3.63, 3.8) is 0 Å². The number of thiophene rings is 1. The van der Waals surface area contributed by atoms with Gasteiger partial charge in [-0.3, -0.25) is 9.69 Å². The summed E-state index contributed by atoms with van der Waals surface area (Å²) in [5.41, 5.74) is 0.260. The van der Waals surface area contributed by atoms with Gasteiger partial charge in [-0.15, -0.1) is 17.9 Å². The minimum Gasteiger partial charge on any atom is -0.303 e. The fraction of sp³-hybridized carbons (Fsp3) is 0.0909. The molecule has 6 heteroatoms. The highest BCUT2D eigenvalue weighted by atomic mass is 35.5. The Hall–Kier alpha value is -1.59. The van der Waals surface area contributed by atoms with Crippen molar-refractivity contribution < 1.29 is 9.59 Å². The molecule has 1 aliphatic heterocycles. The summed E-state index contributed by atoms with van der Waals surface area (Å²) in [4.78, 5) is 25.2. The Morgan fingerprint density at radius 2 is 2.24 bits per heavy atom. The van der Waals surface area contributed by atoms with Crippen LogP contribution in [0.15, 0.2) is 30.5 Å². The van der Waals surface area contributed by atoms with E-state index in [4.69, 9.17) is 11.6 Å². The first-order valence-electron chi connectivity index (χ1n) is 4.82. The third kappa shape index (κ3) is 2.40. The number of carbonyl (C=O) groups is 2. The van der Waals surface area contributed by atoms with Crippen LogP contribution in [0, 0.1) is 0 Å². The van der Waals surface area contributed by atoms with Gasteiger partial charge in [0.25, 0.3) is 5.91 Å². The van der Waals surface area contributed by atoms with Crippen LogP contribution in [0.25, 0.3) is 6.08 Å². The number of urea groups is 1. The molecule has 1 aromatic rings.